The minimum absolute atomic E-state index is 1.18. The normalized spacial score (nSPS) is 13.0. The molecule has 122 valence electrons. The van der Waals surface area contributed by atoms with Gasteiger partial charge in [0.1, 0.15) is 0 Å². The van der Waals surface area contributed by atoms with E-state index in [2.05, 4.69) is 97.8 Å². The van der Waals surface area contributed by atoms with Crippen molar-refractivity contribution in [2.24, 2.45) is 0 Å². The van der Waals surface area contributed by atoms with Crippen LogP contribution in [0.4, 0.5) is 0 Å². The van der Waals surface area contributed by atoms with Crippen molar-refractivity contribution >= 4 is 33.8 Å². The summed E-state index contributed by atoms with van der Waals surface area (Å²) in [7, 11) is 0. The first kappa shape index (κ1) is 15.5. The lowest BCUT2D eigenvalue weighted by atomic mass is 10.1. The van der Waals surface area contributed by atoms with E-state index >= 15 is 0 Å². The van der Waals surface area contributed by atoms with Gasteiger partial charge in [-0.2, -0.15) is 0 Å². The van der Waals surface area contributed by atoms with Crippen LogP contribution in [-0.4, -0.2) is 4.57 Å². The molecule has 1 aromatic heterocycles. The summed E-state index contributed by atoms with van der Waals surface area (Å²) in [4.78, 5) is 0. The average Bonchev–Trinajstić information content (AvgIpc) is 2.94. The summed E-state index contributed by atoms with van der Waals surface area (Å²) in [6, 6.07) is 21.7. The third-order valence-electron chi connectivity index (χ3n) is 4.82. The van der Waals surface area contributed by atoms with Gasteiger partial charge in [-0.3, -0.25) is 0 Å². The van der Waals surface area contributed by atoms with Gasteiger partial charge in [-0.1, -0.05) is 61.2 Å². The van der Waals surface area contributed by atoms with Crippen molar-refractivity contribution in [3.8, 4) is 5.69 Å². The van der Waals surface area contributed by atoms with E-state index in [1.54, 1.807) is 0 Å². The van der Waals surface area contributed by atoms with Crippen LogP contribution in [0.1, 0.15) is 12.5 Å². The lowest BCUT2D eigenvalue weighted by molar-refractivity contribution is 1.06. The number of nitrogens with zero attached hydrogens (tertiary/aromatic N) is 1. The second-order valence-corrected chi connectivity index (χ2v) is 6.33. The maximum Gasteiger partial charge on any atom is 0.0541 e. The van der Waals surface area contributed by atoms with Gasteiger partial charge in [0, 0.05) is 16.3 Å². The van der Waals surface area contributed by atoms with Crippen LogP contribution >= 0.6 is 0 Å². The molecule has 1 nitrogen and oxygen atoms in total. The van der Waals surface area contributed by atoms with Gasteiger partial charge in [-0.05, 0) is 54.5 Å². The molecule has 3 aromatic carbocycles. The Bertz CT molecular complexity index is 1220. The van der Waals surface area contributed by atoms with Gasteiger partial charge < -0.3 is 4.57 Å². The van der Waals surface area contributed by atoms with E-state index in [1.807, 2.05) is 6.08 Å². The Morgan fingerprint density at radius 2 is 1.60 bits per heavy atom. The fourth-order valence-corrected chi connectivity index (χ4v) is 3.71. The average molecular weight is 323 g/mol. The van der Waals surface area contributed by atoms with Crippen molar-refractivity contribution in [1.29, 1.82) is 0 Å². The van der Waals surface area contributed by atoms with Crippen LogP contribution < -0.4 is 10.6 Å². The molecule has 4 aromatic rings. The molecule has 0 aliphatic rings. The molecule has 0 radical (unpaired) electrons. The predicted octanol–water partition coefficient (Wildman–Crippen LogP) is 4.86. The van der Waals surface area contributed by atoms with Crippen LogP contribution in [0.2, 0.25) is 0 Å². The minimum Gasteiger partial charge on any atom is -0.309 e. The summed E-state index contributed by atoms with van der Waals surface area (Å²) in [5.41, 5.74) is 3.71. The molecule has 0 aliphatic carbocycles. The van der Waals surface area contributed by atoms with Crippen molar-refractivity contribution in [2.45, 2.75) is 13.8 Å². The number of allylic oxidation sites excluding steroid dienone is 1. The Kier molecular flexibility index (Phi) is 3.77. The maximum absolute atomic E-state index is 3.93. The van der Waals surface area contributed by atoms with Crippen LogP contribution in [0.25, 0.3) is 39.5 Å². The Morgan fingerprint density at radius 1 is 0.920 bits per heavy atom. The van der Waals surface area contributed by atoms with Gasteiger partial charge in [0.15, 0.2) is 0 Å². The molecular weight excluding hydrogens is 302 g/mol. The van der Waals surface area contributed by atoms with E-state index in [9.17, 15) is 0 Å². The van der Waals surface area contributed by atoms with Gasteiger partial charge in [0.05, 0.1) is 10.9 Å². The number of para-hydroxylation sites is 1. The maximum atomic E-state index is 3.93. The van der Waals surface area contributed by atoms with E-state index in [0.717, 1.165) is 0 Å². The number of hydrogen-bond donors (Lipinski definition) is 0. The SMILES string of the molecule is C=C/C=c1\c(=C/C)c2ccccc2n1-c1cc2ccccc2cc1C. The van der Waals surface area contributed by atoms with Gasteiger partial charge >= 0.3 is 0 Å². The molecule has 1 heteroatoms. The first-order valence-electron chi connectivity index (χ1n) is 8.63. The first-order chi connectivity index (χ1) is 12.2. The van der Waals surface area contributed by atoms with Crippen LogP contribution in [0.5, 0.6) is 0 Å². The number of fused-ring (bicyclic) bond motifs is 2. The second kappa shape index (κ2) is 6.10. The molecule has 1 heterocycles. The largest absolute Gasteiger partial charge is 0.309 e. The highest BCUT2D eigenvalue weighted by Gasteiger charge is 2.11. The summed E-state index contributed by atoms with van der Waals surface area (Å²) in [5, 5.41) is 6.23. The highest BCUT2D eigenvalue weighted by Crippen LogP contribution is 2.24. The number of aromatic nitrogens is 1. The second-order valence-electron chi connectivity index (χ2n) is 6.33. The van der Waals surface area contributed by atoms with Crippen LogP contribution in [-0.2, 0) is 0 Å². The van der Waals surface area contributed by atoms with Crippen molar-refractivity contribution in [3.63, 3.8) is 0 Å². The fourth-order valence-electron chi connectivity index (χ4n) is 3.71. The Morgan fingerprint density at radius 3 is 2.32 bits per heavy atom. The van der Waals surface area contributed by atoms with E-state index in [-0.39, 0.29) is 0 Å². The van der Waals surface area contributed by atoms with Gasteiger partial charge in [-0.15, -0.1) is 0 Å². The third-order valence-corrected chi connectivity index (χ3v) is 4.82. The van der Waals surface area contributed by atoms with Crippen LogP contribution in [0.3, 0.4) is 0 Å². The number of rotatable bonds is 2. The molecule has 0 saturated heterocycles. The monoisotopic (exact) mass is 323 g/mol. The van der Waals surface area contributed by atoms with Gasteiger partial charge in [0.25, 0.3) is 0 Å². The minimum atomic E-state index is 1.18. The van der Waals surface area contributed by atoms with Gasteiger partial charge in [-0.25, -0.2) is 0 Å². The third kappa shape index (κ3) is 2.40. The quantitative estimate of drug-likeness (QED) is 0.496. The standard InChI is InChI=1S/C24H21N/c1-4-10-22-20(5-2)21-13-8-9-14-23(21)25(22)24-16-19-12-7-6-11-18(19)15-17(24)3/h4-16H,1H2,2-3H3/b20-5-,22-10+. The number of benzene rings is 3. The number of aryl methyl sites for hydroxylation is 1. The molecule has 0 unspecified atom stereocenters. The molecule has 0 atom stereocenters. The molecule has 0 aliphatic heterocycles. The fraction of sp³-hybridized carbons (Fsp3) is 0.0833. The van der Waals surface area contributed by atoms with E-state index in [1.165, 1.54) is 43.5 Å². The summed E-state index contributed by atoms with van der Waals surface area (Å²) >= 11 is 0. The zero-order valence-electron chi connectivity index (χ0n) is 14.7. The van der Waals surface area contributed by atoms with Crippen molar-refractivity contribution in [1.82, 2.24) is 4.57 Å². The summed E-state index contributed by atoms with van der Waals surface area (Å²) in [5.74, 6) is 0. The Labute approximate surface area is 147 Å². The zero-order chi connectivity index (χ0) is 17.4. The molecule has 0 saturated carbocycles. The molecule has 4 rings (SSSR count). The lowest BCUT2D eigenvalue weighted by Gasteiger charge is -2.12. The summed E-state index contributed by atoms with van der Waals surface area (Å²) in [6.45, 7) is 8.21. The highest BCUT2D eigenvalue weighted by molar-refractivity contribution is 5.88. The number of hydrogen-bond acceptors (Lipinski definition) is 0. The summed E-state index contributed by atoms with van der Waals surface area (Å²) < 4.78 is 2.36. The molecule has 0 amide bonds. The smallest absolute Gasteiger partial charge is 0.0541 e. The predicted molar refractivity (Wildman–Crippen MR) is 110 cm³/mol. The molecule has 0 spiro atoms. The van der Waals surface area contributed by atoms with Crippen LogP contribution in [0, 0.1) is 6.92 Å². The molecule has 0 fully saturated rings. The zero-order valence-corrected chi connectivity index (χ0v) is 14.7. The lowest BCUT2D eigenvalue weighted by Crippen LogP contribution is -2.28. The van der Waals surface area contributed by atoms with E-state index in [0.29, 0.717) is 0 Å². The molecular formula is C24H21N. The van der Waals surface area contributed by atoms with Gasteiger partial charge in [0.2, 0.25) is 0 Å². The Balaban J connectivity index is 2.22. The topological polar surface area (TPSA) is 4.93 Å². The summed E-state index contributed by atoms with van der Waals surface area (Å²) in [6.07, 6.45) is 6.16. The van der Waals surface area contributed by atoms with Crippen molar-refractivity contribution in [2.75, 3.05) is 0 Å². The molecule has 0 N–H and O–H groups in total. The van der Waals surface area contributed by atoms with E-state index in [4.69, 9.17) is 0 Å². The molecule has 25 heavy (non-hydrogen) atoms. The van der Waals surface area contributed by atoms with Crippen molar-refractivity contribution in [3.05, 3.63) is 89.4 Å². The van der Waals surface area contributed by atoms with Crippen LogP contribution in [0.15, 0.2) is 73.3 Å². The highest BCUT2D eigenvalue weighted by atomic mass is 15.0. The Hall–Kier alpha value is -3.06. The first-order valence-corrected chi connectivity index (χ1v) is 8.63. The van der Waals surface area contributed by atoms with Crippen molar-refractivity contribution < 1.29 is 0 Å². The van der Waals surface area contributed by atoms with E-state index < -0.39 is 0 Å². The molecule has 0 bridgehead atoms.